The van der Waals surface area contributed by atoms with E-state index >= 15 is 0 Å². The van der Waals surface area contributed by atoms with E-state index < -0.39 is 5.66 Å². The third-order valence-electron chi connectivity index (χ3n) is 7.50. The van der Waals surface area contributed by atoms with Crippen molar-refractivity contribution in [3.8, 4) is 17.2 Å². The van der Waals surface area contributed by atoms with Gasteiger partial charge in [-0.2, -0.15) is 0 Å². The lowest BCUT2D eigenvalue weighted by Gasteiger charge is -2.43. The Morgan fingerprint density at radius 2 is 1.74 bits per heavy atom. The van der Waals surface area contributed by atoms with Gasteiger partial charge in [0.1, 0.15) is 18.0 Å². The van der Waals surface area contributed by atoms with E-state index in [-0.39, 0.29) is 5.92 Å². The minimum atomic E-state index is -0.946. The van der Waals surface area contributed by atoms with Crippen LogP contribution >= 0.6 is 0 Å². The number of nitrogens with two attached hydrogens (primary N) is 2. The highest BCUT2D eigenvalue weighted by Gasteiger charge is 2.43. The highest BCUT2D eigenvalue weighted by molar-refractivity contribution is 5.96. The minimum Gasteiger partial charge on any atom is -0.493 e. The summed E-state index contributed by atoms with van der Waals surface area (Å²) < 4.78 is 17.3. The van der Waals surface area contributed by atoms with Crippen molar-refractivity contribution < 1.29 is 14.2 Å². The predicted octanol–water partition coefficient (Wildman–Crippen LogP) is 2.47. The molecule has 208 valence electrons. The number of likely N-dealkylation sites (tertiary alicyclic amines) is 1. The standard InChI is InChI=1S/C28H43N7O3/c1-33(2)14-15-38-24-9-7-8-23(34(3)4)20(24)18-35-12-10-19(11-13-35)28(30)21-16-25(36-5)26(37-6)17-22(21)31-27(29)32-28/h7-9,16-17,19H,10-15,18,30H2,1-6H3,(H3,29,31,32). The maximum Gasteiger partial charge on any atom is 0.195 e. The molecule has 2 aliphatic heterocycles. The van der Waals surface area contributed by atoms with Crippen LogP contribution in [0.1, 0.15) is 24.0 Å². The number of fused-ring (bicyclic) bond motifs is 1. The normalized spacial score (nSPS) is 19.9. The lowest BCUT2D eigenvalue weighted by Crippen LogP contribution is -2.51. The van der Waals surface area contributed by atoms with Gasteiger partial charge < -0.3 is 40.8 Å². The first kappa shape index (κ1) is 27.8. The van der Waals surface area contributed by atoms with Crippen molar-refractivity contribution in [1.82, 2.24) is 9.80 Å². The number of guanidine groups is 1. The molecule has 2 aromatic carbocycles. The predicted molar refractivity (Wildman–Crippen MR) is 153 cm³/mol. The molecule has 0 radical (unpaired) electrons. The zero-order valence-electron chi connectivity index (χ0n) is 23.6. The van der Waals surface area contributed by atoms with Crippen LogP contribution in [0.25, 0.3) is 0 Å². The van der Waals surface area contributed by atoms with Gasteiger partial charge in [0, 0.05) is 56.0 Å². The molecule has 1 saturated heterocycles. The second-order valence-electron chi connectivity index (χ2n) is 10.6. The molecule has 2 heterocycles. The number of nitrogens with one attached hydrogen (secondary N) is 1. The van der Waals surface area contributed by atoms with Gasteiger partial charge in [-0.1, -0.05) is 6.07 Å². The molecule has 4 rings (SSSR count). The molecule has 0 aromatic heterocycles. The van der Waals surface area contributed by atoms with Gasteiger partial charge in [-0.3, -0.25) is 4.90 Å². The largest absolute Gasteiger partial charge is 0.493 e. The lowest BCUT2D eigenvalue weighted by atomic mass is 9.79. The third kappa shape index (κ3) is 5.77. The number of hydrogen-bond acceptors (Lipinski definition) is 10. The second-order valence-corrected chi connectivity index (χ2v) is 10.6. The fourth-order valence-corrected chi connectivity index (χ4v) is 5.41. The van der Waals surface area contributed by atoms with E-state index in [1.165, 1.54) is 11.3 Å². The number of anilines is 2. The van der Waals surface area contributed by atoms with Gasteiger partial charge in [0.05, 0.1) is 19.9 Å². The lowest BCUT2D eigenvalue weighted by molar-refractivity contribution is 0.125. The highest BCUT2D eigenvalue weighted by Crippen LogP contribution is 2.45. The average molecular weight is 526 g/mol. The summed E-state index contributed by atoms with van der Waals surface area (Å²) in [5.74, 6) is 2.62. The first-order chi connectivity index (χ1) is 18.2. The van der Waals surface area contributed by atoms with Crippen LogP contribution in [0.15, 0.2) is 35.3 Å². The van der Waals surface area contributed by atoms with Gasteiger partial charge in [0.2, 0.25) is 0 Å². The summed E-state index contributed by atoms with van der Waals surface area (Å²) in [5, 5.41) is 3.15. The van der Waals surface area contributed by atoms with Crippen LogP contribution in [0.5, 0.6) is 17.2 Å². The van der Waals surface area contributed by atoms with Crippen molar-refractivity contribution in [3.05, 3.63) is 41.5 Å². The average Bonchev–Trinajstić information content (AvgIpc) is 2.88. The number of hydrogen-bond donors (Lipinski definition) is 3. The fourth-order valence-electron chi connectivity index (χ4n) is 5.41. The molecule has 0 saturated carbocycles. The highest BCUT2D eigenvalue weighted by atomic mass is 16.5. The smallest absolute Gasteiger partial charge is 0.195 e. The summed E-state index contributed by atoms with van der Waals surface area (Å²) >= 11 is 0. The summed E-state index contributed by atoms with van der Waals surface area (Å²) in [6, 6.07) is 10.1. The molecular weight excluding hydrogens is 482 g/mol. The molecule has 0 aliphatic carbocycles. The minimum absolute atomic E-state index is 0.121. The van der Waals surface area contributed by atoms with E-state index in [0.717, 1.165) is 56.0 Å². The fraction of sp³-hybridized carbons (Fsp3) is 0.536. The van der Waals surface area contributed by atoms with Crippen molar-refractivity contribution >= 4 is 17.3 Å². The SMILES string of the molecule is COc1cc2c(cc1OC)C(N)(C1CCN(Cc3c(OCCN(C)C)cccc3N(C)C)CC1)N=C(N)N2. The number of benzene rings is 2. The van der Waals surface area contributed by atoms with E-state index in [2.05, 4.69) is 66.4 Å². The van der Waals surface area contributed by atoms with Crippen LogP contribution in [-0.2, 0) is 12.2 Å². The molecule has 5 N–H and O–H groups in total. The summed E-state index contributed by atoms with van der Waals surface area (Å²) in [6.45, 7) is 4.12. The van der Waals surface area contributed by atoms with E-state index in [9.17, 15) is 0 Å². The maximum atomic E-state index is 7.06. The molecule has 0 spiro atoms. The Kier molecular flexibility index (Phi) is 8.54. The van der Waals surface area contributed by atoms with Gasteiger partial charge in [-0.25, -0.2) is 4.99 Å². The molecule has 2 aliphatic rings. The van der Waals surface area contributed by atoms with Crippen molar-refractivity contribution in [2.75, 3.05) is 78.9 Å². The number of methoxy groups -OCH3 is 2. The van der Waals surface area contributed by atoms with Crippen LogP contribution < -0.4 is 35.9 Å². The molecule has 10 nitrogen and oxygen atoms in total. The van der Waals surface area contributed by atoms with E-state index in [1.807, 2.05) is 12.1 Å². The Labute approximate surface area is 226 Å². The van der Waals surface area contributed by atoms with Crippen molar-refractivity contribution in [1.29, 1.82) is 0 Å². The van der Waals surface area contributed by atoms with E-state index in [4.69, 9.17) is 30.7 Å². The molecule has 38 heavy (non-hydrogen) atoms. The van der Waals surface area contributed by atoms with Crippen LogP contribution in [-0.4, -0.2) is 84.4 Å². The first-order valence-corrected chi connectivity index (χ1v) is 13.1. The maximum absolute atomic E-state index is 7.06. The van der Waals surface area contributed by atoms with Crippen molar-refractivity contribution in [3.63, 3.8) is 0 Å². The van der Waals surface area contributed by atoms with Crippen LogP contribution in [0.3, 0.4) is 0 Å². The van der Waals surface area contributed by atoms with Crippen molar-refractivity contribution in [2.45, 2.75) is 25.0 Å². The quantitative estimate of drug-likeness (QED) is 0.430. The molecular formula is C28H43N7O3. The Bertz CT molecular complexity index is 1150. The number of nitrogens with zero attached hydrogens (tertiary/aromatic N) is 4. The van der Waals surface area contributed by atoms with Gasteiger partial charge >= 0.3 is 0 Å². The Hall–Kier alpha value is -3.21. The van der Waals surface area contributed by atoms with Gasteiger partial charge in [-0.15, -0.1) is 0 Å². The molecule has 1 atom stereocenters. The number of ether oxygens (including phenoxy) is 3. The molecule has 1 fully saturated rings. The van der Waals surface area contributed by atoms with Gasteiger partial charge in [0.25, 0.3) is 0 Å². The molecule has 1 unspecified atom stereocenters. The summed E-state index contributed by atoms with van der Waals surface area (Å²) in [5.41, 5.74) is 16.4. The van der Waals surface area contributed by atoms with Crippen LogP contribution in [0.2, 0.25) is 0 Å². The van der Waals surface area contributed by atoms with E-state index in [1.54, 1.807) is 14.2 Å². The molecule has 10 heteroatoms. The zero-order chi connectivity index (χ0) is 27.4. The van der Waals surface area contributed by atoms with Gasteiger partial charge in [-0.05, 0) is 58.2 Å². The van der Waals surface area contributed by atoms with Crippen LogP contribution in [0, 0.1) is 5.92 Å². The summed E-state index contributed by atoms with van der Waals surface area (Å²) in [4.78, 5) is 11.5. The third-order valence-corrected chi connectivity index (χ3v) is 7.50. The molecule has 0 amide bonds. The van der Waals surface area contributed by atoms with Crippen molar-refractivity contribution in [2.24, 2.45) is 22.4 Å². The topological polar surface area (TPSA) is 114 Å². The Balaban J connectivity index is 1.52. The van der Waals surface area contributed by atoms with Crippen LogP contribution in [0.4, 0.5) is 11.4 Å². The molecule has 2 aromatic rings. The second kappa shape index (κ2) is 11.7. The summed E-state index contributed by atoms with van der Waals surface area (Å²) in [6.07, 6.45) is 1.78. The molecule has 0 bridgehead atoms. The Morgan fingerprint density at radius 3 is 2.37 bits per heavy atom. The van der Waals surface area contributed by atoms with Gasteiger partial charge in [0.15, 0.2) is 17.5 Å². The van der Waals surface area contributed by atoms with E-state index in [0.29, 0.717) is 24.1 Å². The first-order valence-electron chi connectivity index (χ1n) is 13.1. The number of aliphatic imine (C=N–C) groups is 1. The number of piperidine rings is 1. The number of rotatable bonds is 10. The Morgan fingerprint density at radius 1 is 1.05 bits per heavy atom. The monoisotopic (exact) mass is 525 g/mol. The summed E-state index contributed by atoms with van der Waals surface area (Å²) in [7, 11) is 11.5. The zero-order valence-corrected chi connectivity index (χ0v) is 23.6. The number of likely N-dealkylation sites (N-methyl/N-ethyl adjacent to an activating group) is 1.